The Morgan fingerprint density at radius 3 is 2.67 bits per heavy atom. The average molecular weight is 263 g/mol. The fraction of sp³-hybridized carbons (Fsp3) is 0.625. The van der Waals surface area contributed by atoms with Crippen molar-refractivity contribution < 1.29 is 0 Å². The Labute approximate surface area is 116 Å². The van der Waals surface area contributed by atoms with Crippen LogP contribution in [0.5, 0.6) is 0 Å². The van der Waals surface area contributed by atoms with Gasteiger partial charge in [-0.1, -0.05) is 37.3 Å². The maximum absolute atomic E-state index is 3.87. The van der Waals surface area contributed by atoms with Crippen molar-refractivity contribution in [2.45, 2.75) is 56.4 Å². The molecule has 1 aromatic rings. The van der Waals surface area contributed by atoms with Crippen molar-refractivity contribution >= 4 is 11.8 Å². The molecule has 0 radical (unpaired) electrons. The molecule has 100 valence electrons. The molecule has 0 aromatic heterocycles. The van der Waals surface area contributed by atoms with Gasteiger partial charge in [-0.3, -0.25) is 0 Å². The van der Waals surface area contributed by atoms with Gasteiger partial charge >= 0.3 is 0 Å². The minimum absolute atomic E-state index is 0.637. The van der Waals surface area contributed by atoms with Gasteiger partial charge in [-0.05, 0) is 43.9 Å². The molecule has 1 fully saturated rings. The van der Waals surface area contributed by atoms with Crippen LogP contribution in [0, 0.1) is 0 Å². The largest absolute Gasteiger partial charge is 0.311 e. The van der Waals surface area contributed by atoms with Crippen LogP contribution in [0.3, 0.4) is 0 Å². The lowest BCUT2D eigenvalue weighted by molar-refractivity contribution is 0.418. The molecule has 1 aliphatic carbocycles. The third kappa shape index (κ3) is 4.03. The molecule has 0 spiro atoms. The minimum Gasteiger partial charge on any atom is -0.311 e. The van der Waals surface area contributed by atoms with Crippen molar-refractivity contribution in [1.29, 1.82) is 0 Å². The van der Waals surface area contributed by atoms with Gasteiger partial charge in [0.25, 0.3) is 0 Å². The highest BCUT2D eigenvalue weighted by atomic mass is 32.2. The van der Waals surface area contributed by atoms with Crippen LogP contribution in [0.15, 0.2) is 30.3 Å². The number of nitrogens with one attached hydrogen (secondary N) is 1. The first-order valence-corrected chi connectivity index (χ1v) is 8.43. The smallest absolute Gasteiger partial charge is 0.0107 e. The predicted octanol–water partition coefficient (Wildman–Crippen LogP) is 3.88. The average Bonchev–Trinajstić information content (AvgIpc) is 2.87. The predicted molar refractivity (Wildman–Crippen MR) is 82.3 cm³/mol. The number of thioether (sulfide) groups is 1. The summed E-state index contributed by atoms with van der Waals surface area (Å²) >= 11 is 2.03. The van der Waals surface area contributed by atoms with E-state index in [0.29, 0.717) is 6.04 Å². The third-order valence-electron chi connectivity index (χ3n) is 4.01. The van der Waals surface area contributed by atoms with Gasteiger partial charge in [0.2, 0.25) is 0 Å². The van der Waals surface area contributed by atoms with Crippen LogP contribution in [0.1, 0.15) is 38.2 Å². The van der Waals surface area contributed by atoms with Crippen molar-refractivity contribution in [2.24, 2.45) is 0 Å². The molecule has 18 heavy (non-hydrogen) atoms. The first-order valence-electron chi connectivity index (χ1n) is 7.14. The molecule has 2 rings (SSSR count). The van der Waals surface area contributed by atoms with Crippen molar-refractivity contribution in [3.8, 4) is 0 Å². The van der Waals surface area contributed by atoms with Gasteiger partial charge < -0.3 is 5.32 Å². The topological polar surface area (TPSA) is 12.0 Å². The molecular weight excluding hydrogens is 238 g/mol. The molecule has 3 atom stereocenters. The Hall–Kier alpha value is -0.470. The molecule has 0 heterocycles. The van der Waals surface area contributed by atoms with E-state index in [1.165, 1.54) is 31.2 Å². The monoisotopic (exact) mass is 263 g/mol. The zero-order chi connectivity index (χ0) is 12.8. The van der Waals surface area contributed by atoms with E-state index in [2.05, 4.69) is 48.8 Å². The summed E-state index contributed by atoms with van der Waals surface area (Å²) in [7, 11) is 0. The van der Waals surface area contributed by atoms with Gasteiger partial charge in [-0.25, -0.2) is 0 Å². The van der Waals surface area contributed by atoms with E-state index in [9.17, 15) is 0 Å². The van der Waals surface area contributed by atoms with Crippen LogP contribution < -0.4 is 5.32 Å². The van der Waals surface area contributed by atoms with Crippen molar-refractivity contribution in [3.05, 3.63) is 35.9 Å². The van der Waals surface area contributed by atoms with E-state index in [-0.39, 0.29) is 0 Å². The molecule has 1 N–H and O–H groups in total. The first-order chi connectivity index (χ1) is 8.81. The lowest BCUT2D eigenvalue weighted by Crippen LogP contribution is -2.38. The molecule has 0 aliphatic heterocycles. The van der Waals surface area contributed by atoms with Crippen LogP contribution in [0.4, 0.5) is 0 Å². The quantitative estimate of drug-likeness (QED) is 0.836. The summed E-state index contributed by atoms with van der Waals surface area (Å²) in [6, 6.07) is 12.2. The highest BCUT2D eigenvalue weighted by Gasteiger charge is 2.25. The second-order valence-corrected chi connectivity index (χ2v) is 6.47. The second-order valence-electron chi connectivity index (χ2n) is 5.33. The molecule has 1 aliphatic rings. The van der Waals surface area contributed by atoms with Crippen LogP contribution in [0.25, 0.3) is 0 Å². The van der Waals surface area contributed by atoms with E-state index in [0.717, 1.165) is 17.7 Å². The van der Waals surface area contributed by atoms with E-state index >= 15 is 0 Å². The molecule has 1 saturated carbocycles. The molecule has 0 saturated heterocycles. The summed E-state index contributed by atoms with van der Waals surface area (Å²) in [5.74, 6) is 0. The van der Waals surface area contributed by atoms with Crippen LogP contribution >= 0.6 is 11.8 Å². The Balaban J connectivity index is 1.83. The van der Waals surface area contributed by atoms with Crippen LogP contribution in [-0.2, 0) is 6.42 Å². The van der Waals surface area contributed by atoms with Crippen molar-refractivity contribution in [3.63, 3.8) is 0 Å². The number of benzene rings is 1. The SMILES string of the molecule is CCC(Cc1ccccc1)NC1CCC(SC)C1. The Bertz CT molecular complexity index is 338. The van der Waals surface area contributed by atoms with E-state index in [1.54, 1.807) is 0 Å². The summed E-state index contributed by atoms with van der Waals surface area (Å²) in [5, 5.41) is 4.75. The standard InChI is InChI=1S/C16H25NS/c1-3-14(11-13-7-5-4-6-8-13)17-15-9-10-16(12-15)18-2/h4-8,14-17H,3,9-12H2,1-2H3. The molecular formula is C16H25NS. The van der Waals surface area contributed by atoms with Crippen molar-refractivity contribution in [2.75, 3.05) is 6.26 Å². The maximum Gasteiger partial charge on any atom is 0.0107 e. The van der Waals surface area contributed by atoms with Crippen LogP contribution in [-0.4, -0.2) is 23.6 Å². The van der Waals surface area contributed by atoms with Gasteiger partial charge in [0.15, 0.2) is 0 Å². The highest BCUT2D eigenvalue weighted by molar-refractivity contribution is 7.99. The van der Waals surface area contributed by atoms with Gasteiger partial charge in [-0.15, -0.1) is 0 Å². The van der Waals surface area contributed by atoms with E-state index in [1.807, 2.05) is 11.8 Å². The maximum atomic E-state index is 3.87. The summed E-state index contributed by atoms with van der Waals surface area (Å²) < 4.78 is 0. The van der Waals surface area contributed by atoms with Crippen LogP contribution in [0.2, 0.25) is 0 Å². The Morgan fingerprint density at radius 1 is 1.28 bits per heavy atom. The molecule has 1 nitrogen and oxygen atoms in total. The Morgan fingerprint density at radius 2 is 2.06 bits per heavy atom. The summed E-state index contributed by atoms with van der Waals surface area (Å²) in [4.78, 5) is 0. The van der Waals surface area contributed by atoms with E-state index < -0.39 is 0 Å². The third-order valence-corrected chi connectivity index (χ3v) is 5.10. The number of rotatable bonds is 6. The first kappa shape index (κ1) is 14.0. The molecule has 3 unspecified atom stereocenters. The van der Waals surface area contributed by atoms with Crippen molar-refractivity contribution in [1.82, 2.24) is 5.32 Å². The normalized spacial score (nSPS) is 25.2. The van der Waals surface area contributed by atoms with Gasteiger partial charge in [0.1, 0.15) is 0 Å². The lowest BCUT2D eigenvalue weighted by atomic mass is 10.0. The molecule has 2 heteroatoms. The number of hydrogen-bond acceptors (Lipinski definition) is 2. The molecule has 1 aromatic carbocycles. The Kier molecular flexibility index (Phi) is 5.58. The summed E-state index contributed by atoms with van der Waals surface area (Å²) in [6.45, 7) is 2.29. The van der Waals surface area contributed by atoms with Gasteiger partial charge in [0, 0.05) is 17.3 Å². The van der Waals surface area contributed by atoms with Gasteiger partial charge in [-0.2, -0.15) is 11.8 Å². The highest BCUT2D eigenvalue weighted by Crippen LogP contribution is 2.28. The zero-order valence-corrected chi connectivity index (χ0v) is 12.4. The van der Waals surface area contributed by atoms with Gasteiger partial charge in [0.05, 0.1) is 0 Å². The fourth-order valence-electron chi connectivity index (χ4n) is 2.86. The second kappa shape index (κ2) is 7.20. The molecule has 0 bridgehead atoms. The number of hydrogen-bond donors (Lipinski definition) is 1. The minimum atomic E-state index is 0.637. The van der Waals surface area contributed by atoms with E-state index in [4.69, 9.17) is 0 Å². The zero-order valence-electron chi connectivity index (χ0n) is 11.6. The summed E-state index contributed by atoms with van der Waals surface area (Å²) in [6.07, 6.45) is 8.73. The summed E-state index contributed by atoms with van der Waals surface area (Å²) in [5.41, 5.74) is 1.45. The lowest BCUT2D eigenvalue weighted by Gasteiger charge is -2.22. The fourth-order valence-corrected chi connectivity index (χ4v) is 3.66. The molecule has 0 amide bonds.